The molecule has 1 heterocycles. The van der Waals surface area contributed by atoms with Gasteiger partial charge in [0.1, 0.15) is 5.69 Å². The molecule has 0 saturated carbocycles. The highest BCUT2D eigenvalue weighted by Crippen LogP contribution is 2.14. The molecular weight excluding hydrogens is 210 g/mol. The van der Waals surface area contributed by atoms with E-state index in [1.165, 1.54) is 11.3 Å². The molecule has 1 aromatic rings. The van der Waals surface area contributed by atoms with Gasteiger partial charge in [-0.2, -0.15) is 0 Å². The van der Waals surface area contributed by atoms with Crippen LogP contribution in [-0.4, -0.2) is 28.4 Å². The fraction of sp³-hybridized carbons (Fsp3) is 0.600. The van der Waals surface area contributed by atoms with E-state index >= 15 is 0 Å². The Labute approximate surface area is 94.1 Å². The maximum Gasteiger partial charge on any atom is 0.273 e. The highest BCUT2D eigenvalue weighted by atomic mass is 32.1. The number of anilines is 1. The van der Waals surface area contributed by atoms with Crippen LogP contribution in [0.2, 0.25) is 0 Å². The van der Waals surface area contributed by atoms with Gasteiger partial charge >= 0.3 is 0 Å². The summed E-state index contributed by atoms with van der Waals surface area (Å²) < 4.78 is 0. The first-order valence-electron chi connectivity index (χ1n) is 5.08. The lowest BCUT2D eigenvalue weighted by atomic mass is 10.2. The fourth-order valence-corrected chi connectivity index (χ4v) is 1.91. The van der Waals surface area contributed by atoms with Gasteiger partial charge in [-0.3, -0.25) is 4.79 Å². The SMILES string of the molecule is CCCN(C(=O)c1csc(N)n1)C(C)C. The lowest BCUT2D eigenvalue weighted by Crippen LogP contribution is -2.37. The van der Waals surface area contributed by atoms with E-state index < -0.39 is 0 Å². The lowest BCUT2D eigenvalue weighted by molar-refractivity contribution is 0.0701. The van der Waals surface area contributed by atoms with Gasteiger partial charge in [-0.15, -0.1) is 11.3 Å². The third-order valence-corrected chi connectivity index (χ3v) is 2.76. The van der Waals surface area contributed by atoms with Crippen molar-refractivity contribution in [1.82, 2.24) is 9.88 Å². The molecule has 84 valence electrons. The molecular formula is C10H17N3OS. The zero-order valence-corrected chi connectivity index (χ0v) is 10.2. The summed E-state index contributed by atoms with van der Waals surface area (Å²) in [7, 11) is 0. The summed E-state index contributed by atoms with van der Waals surface area (Å²) in [6, 6.07) is 0.195. The molecule has 0 radical (unpaired) electrons. The summed E-state index contributed by atoms with van der Waals surface area (Å²) in [4.78, 5) is 17.8. The molecule has 4 nitrogen and oxygen atoms in total. The Morgan fingerprint density at radius 3 is 2.73 bits per heavy atom. The zero-order valence-electron chi connectivity index (χ0n) is 9.36. The topological polar surface area (TPSA) is 59.2 Å². The number of aromatic nitrogens is 1. The lowest BCUT2D eigenvalue weighted by Gasteiger charge is -2.25. The first-order chi connectivity index (χ1) is 7.06. The third kappa shape index (κ3) is 2.92. The van der Waals surface area contributed by atoms with Crippen LogP contribution in [0, 0.1) is 0 Å². The number of hydrogen-bond donors (Lipinski definition) is 1. The number of amides is 1. The number of hydrogen-bond acceptors (Lipinski definition) is 4. The monoisotopic (exact) mass is 227 g/mol. The molecule has 1 aromatic heterocycles. The Morgan fingerprint density at radius 2 is 2.33 bits per heavy atom. The summed E-state index contributed by atoms with van der Waals surface area (Å²) >= 11 is 1.30. The van der Waals surface area contributed by atoms with Crippen LogP contribution in [0.15, 0.2) is 5.38 Å². The van der Waals surface area contributed by atoms with Crippen molar-refractivity contribution >= 4 is 22.4 Å². The second-order valence-corrected chi connectivity index (χ2v) is 4.55. The molecule has 0 aromatic carbocycles. The summed E-state index contributed by atoms with van der Waals surface area (Å²) in [5.74, 6) is -0.0280. The van der Waals surface area contributed by atoms with Crippen molar-refractivity contribution in [2.24, 2.45) is 0 Å². The van der Waals surface area contributed by atoms with Gasteiger partial charge in [-0.05, 0) is 20.3 Å². The molecule has 1 rings (SSSR count). The van der Waals surface area contributed by atoms with Crippen LogP contribution in [0.5, 0.6) is 0 Å². The van der Waals surface area contributed by atoms with E-state index in [4.69, 9.17) is 5.73 Å². The van der Waals surface area contributed by atoms with E-state index in [9.17, 15) is 4.79 Å². The highest BCUT2D eigenvalue weighted by molar-refractivity contribution is 7.13. The first kappa shape index (κ1) is 12.0. The molecule has 15 heavy (non-hydrogen) atoms. The average molecular weight is 227 g/mol. The predicted octanol–water partition coefficient (Wildman–Crippen LogP) is 1.99. The minimum absolute atomic E-state index is 0.0280. The van der Waals surface area contributed by atoms with Gasteiger partial charge in [0.15, 0.2) is 5.13 Å². The molecule has 2 N–H and O–H groups in total. The minimum Gasteiger partial charge on any atom is -0.375 e. The van der Waals surface area contributed by atoms with Crippen LogP contribution >= 0.6 is 11.3 Å². The number of nitrogens with two attached hydrogens (primary N) is 1. The largest absolute Gasteiger partial charge is 0.375 e. The predicted molar refractivity (Wildman–Crippen MR) is 63.0 cm³/mol. The van der Waals surface area contributed by atoms with E-state index in [2.05, 4.69) is 11.9 Å². The number of thiazole rings is 1. The molecule has 1 amide bonds. The van der Waals surface area contributed by atoms with Gasteiger partial charge < -0.3 is 10.6 Å². The van der Waals surface area contributed by atoms with Gasteiger partial charge in [0.25, 0.3) is 5.91 Å². The molecule has 5 heteroatoms. The van der Waals surface area contributed by atoms with E-state index in [1.807, 2.05) is 18.7 Å². The van der Waals surface area contributed by atoms with Gasteiger partial charge in [0, 0.05) is 18.0 Å². The molecule has 0 saturated heterocycles. The van der Waals surface area contributed by atoms with Crippen molar-refractivity contribution in [1.29, 1.82) is 0 Å². The zero-order chi connectivity index (χ0) is 11.4. The molecule has 0 unspecified atom stereocenters. The van der Waals surface area contributed by atoms with Crippen molar-refractivity contribution in [3.8, 4) is 0 Å². The Kier molecular flexibility index (Phi) is 4.08. The van der Waals surface area contributed by atoms with Crippen LogP contribution in [0.3, 0.4) is 0 Å². The minimum atomic E-state index is -0.0280. The van der Waals surface area contributed by atoms with Crippen LogP contribution in [0.25, 0.3) is 0 Å². The van der Waals surface area contributed by atoms with Crippen molar-refractivity contribution in [2.45, 2.75) is 33.2 Å². The fourth-order valence-electron chi connectivity index (χ4n) is 1.37. The van der Waals surface area contributed by atoms with Crippen molar-refractivity contribution < 1.29 is 4.79 Å². The van der Waals surface area contributed by atoms with Gasteiger partial charge in [-0.25, -0.2) is 4.98 Å². The summed E-state index contributed by atoms with van der Waals surface area (Å²) in [5.41, 5.74) is 5.96. The Morgan fingerprint density at radius 1 is 1.67 bits per heavy atom. The number of carbonyl (C=O) groups excluding carboxylic acids is 1. The quantitative estimate of drug-likeness (QED) is 0.855. The van der Waals surface area contributed by atoms with Crippen LogP contribution < -0.4 is 5.73 Å². The number of nitrogen functional groups attached to an aromatic ring is 1. The second-order valence-electron chi connectivity index (χ2n) is 3.66. The molecule has 0 spiro atoms. The normalized spacial score (nSPS) is 10.7. The first-order valence-corrected chi connectivity index (χ1v) is 5.96. The summed E-state index contributed by atoms with van der Waals surface area (Å²) in [6.07, 6.45) is 0.948. The molecule has 0 bridgehead atoms. The summed E-state index contributed by atoms with van der Waals surface area (Å²) in [6.45, 7) is 6.82. The summed E-state index contributed by atoms with van der Waals surface area (Å²) in [5, 5.41) is 2.15. The van der Waals surface area contributed by atoms with Crippen molar-refractivity contribution in [3.63, 3.8) is 0 Å². The third-order valence-electron chi connectivity index (χ3n) is 2.09. The smallest absolute Gasteiger partial charge is 0.273 e. The molecule has 0 aliphatic heterocycles. The van der Waals surface area contributed by atoms with Crippen LogP contribution in [0.1, 0.15) is 37.7 Å². The van der Waals surface area contributed by atoms with E-state index in [-0.39, 0.29) is 11.9 Å². The highest BCUT2D eigenvalue weighted by Gasteiger charge is 2.19. The Bertz CT molecular complexity index is 335. The molecule has 0 aliphatic carbocycles. The Hall–Kier alpha value is -1.10. The molecule has 0 fully saturated rings. The number of nitrogens with zero attached hydrogens (tertiary/aromatic N) is 2. The standard InChI is InChI=1S/C10H17N3OS/c1-4-5-13(7(2)3)9(14)8-6-15-10(11)12-8/h6-7H,4-5H2,1-3H3,(H2,11,12). The van der Waals surface area contributed by atoms with Crippen LogP contribution in [0.4, 0.5) is 5.13 Å². The Balaban J connectivity index is 2.80. The van der Waals surface area contributed by atoms with Crippen LogP contribution in [-0.2, 0) is 0 Å². The van der Waals surface area contributed by atoms with Gasteiger partial charge in [0.05, 0.1) is 0 Å². The maximum absolute atomic E-state index is 12.0. The molecule has 0 aliphatic rings. The van der Waals surface area contributed by atoms with E-state index in [1.54, 1.807) is 5.38 Å². The molecule has 0 atom stereocenters. The van der Waals surface area contributed by atoms with Crippen molar-refractivity contribution in [2.75, 3.05) is 12.3 Å². The van der Waals surface area contributed by atoms with E-state index in [0.29, 0.717) is 10.8 Å². The average Bonchev–Trinajstić information content (AvgIpc) is 2.59. The number of carbonyl (C=O) groups is 1. The van der Waals surface area contributed by atoms with Gasteiger partial charge in [0.2, 0.25) is 0 Å². The van der Waals surface area contributed by atoms with E-state index in [0.717, 1.165) is 13.0 Å². The maximum atomic E-state index is 12.0. The van der Waals surface area contributed by atoms with Crippen molar-refractivity contribution in [3.05, 3.63) is 11.1 Å². The number of rotatable bonds is 4. The van der Waals surface area contributed by atoms with Gasteiger partial charge in [-0.1, -0.05) is 6.92 Å². The second kappa shape index (κ2) is 5.11.